The molecule has 2 fully saturated rings. The molecule has 2 saturated carbocycles. The van der Waals surface area contributed by atoms with E-state index in [1.165, 1.54) is 19.3 Å². The molecule has 0 aromatic rings. The second-order valence-corrected chi connectivity index (χ2v) is 6.71. The Kier molecular flexibility index (Phi) is 5.70. The summed E-state index contributed by atoms with van der Waals surface area (Å²) in [6.07, 6.45) is 8.78. The van der Waals surface area contributed by atoms with Gasteiger partial charge in [0, 0.05) is 25.6 Å². The van der Waals surface area contributed by atoms with Crippen molar-refractivity contribution in [3.63, 3.8) is 0 Å². The average molecular weight is 282 g/mol. The number of rotatable bonds is 4. The smallest absolute Gasteiger partial charge is 0.317 e. The largest absolute Gasteiger partial charge is 0.393 e. The zero-order valence-corrected chi connectivity index (χ0v) is 13.0. The lowest BCUT2D eigenvalue weighted by Crippen LogP contribution is -2.46. The molecule has 0 bridgehead atoms. The van der Waals surface area contributed by atoms with Gasteiger partial charge in [0.15, 0.2) is 0 Å². The minimum Gasteiger partial charge on any atom is -0.393 e. The van der Waals surface area contributed by atoms with Crippen LogP contribution in [0, 0.1) is 11.8 Å². The monoisotopic (exact) mass is 282 g/mol. The number of nitrogens with zero attached hydrogens (tertiary/aromatic N) is 1. The van der Waals surface area contributed by atoms with Crippen molar-refractivity contribution in [2.24, 2.45) is 11.8 Å². The number of hydrogen-bond acceptors (Lipinski definition) is 2. The number of hydrogen-bond donors (Lipinski definition) is 2. The minimum absolute atomic E-state index is 0.0315. The van der Waals surface area contributed by atoms with Crippen molar-refractivity contribution in [3.8, 4) is 0 Å². The van der Waals surface area contributed by atoms with Crippen LogP contribution in [-0.2, 0) is 0 Å². The third-order valence-corrected chi connectivity index (χ3v) is 5.23. The van der Waals surface area contributed by atoms with Gasteiger partial charge >= 0.3 is 6.03 Å². The summed E-state index contributed by atoms with van der Waals surface area (Å²) in [5.74, 6) is 1.12. The van der Waals surface area contributed by atoms with Gasteiger partial charge in [-0.2, -0.15) is 0 Å². The summed E-state index contributed by atoms with van der Waals surface area (Å²) in [6, 6.07) is 0.380. The maximum Gasteiger partial charge on any atom is 0.317 e. The maximum atomic E-state index is 12.2. The first kappa shape index (κ1) is 15.6. The van der Waals surface area contributed by atoms with Crippen LogP contribution < -0.4 is 5.32 Å². The molecule has 0 radical (unpaired) electrons. The van der Waals surface area contributed by atoms with Gasteiger partial charge in [-0.3, -0.25) is 0 Å². The van der Waals surface area contributed by atoms with Crippen molar-refractivity contribution in [1.82, 2.24) is 10.2 Å². The van der Waals surface area contributed by atoms with Gasteiger partial charge in [-0.05, 0) is 44.4 Å². The molecule has 2 unspecified atom stereocenters. The first-order valence-corrected chi connectivity index (χ1v) is 8.29. The molecule has 2 amide bonds. The predicted octanol–water partition coefficient (Wildman–Crippen LogP) is 2.76. The Morgan fingerprint density at radius 3 is 2.45 bits per heavy atom. The lowest BCUT2D eigenvalue weighted by atomic mass is 9.84. The number of nitrogens with one attached hydrogen (secondary N) is 1. The zero-order chi connectivity index (χ0) is 14.5. The summed E-state index contributed by atoms with van der Waals surface area (Å²) >= 11 is 0. The van der Waals surface area contributed by atoms with E-state index >= 15 is 0 Å². The number of aliphatic hydroxyl groups is 1. The van der Waals surface area contributed by atoms with Gasteiger partial charge in [0.2, 0.25) is 0 Å². The van der Waals surface area contributed by atoms with Crippen LogP contribution in [-0.4, -0.2) is 41.8 Å². The molecule has 0 heterocycles. The van der Waals surface area contributed by atoms with E-state index in [0.717, 1.165) is 38.0 Å². The fraction of sp³-hybridized carbons (Fsp3) is 0.938. The van der Waals surface area contributed by atoms with Crippen LogP contribution in [0.2, 0.25) is 0 Å². The van der Waals surface area contributed by atoms with Crippen molar-refractivity contribution in [1.29, 1.82) is 0 Å². The van der Waals surface area contributed by atoms with Crippen LogP contribution in [0.15, 0.2) is 0 Å². The molecule has 2 aliphatic rings. The lowest BCUT2D eigenvalue weighted by molar-refractivity contribution is 0.113. The van der Waals surface area contributed by atoms with E-state index in [9.17, 15) is 9.90 Å². The van der Waals surface area contributed by atoms with Gasteiger partial charge < -0.3 is 15.3 Å². The van der Waals surface area contributed by atoms with Crippen molar-refractivity contribution in [2.75, 3.05) is 13.6 Å². The van der Waals surface area contributed by atoms with E-state index in [1.54, 1.807) is 4.90 Å². The van der Waals surface area contributed by atoms with Crippen LogP contribution >= 0.6 is 0 Å². The summed E-state index contributed by atoms with van der Waals surface area (Å²) in [4.78, 5) is 13.9. The first-order valence-electron chi connectivity index (χ1n) is 8.29. The summed E-state index contributed by atoms with van der Waals surface area (Å²) in [6.45, 7) is 2.93. The standard InChI is InChI=1S/C16H30N2O2/c1-3-12-7-9-14(10-8-12)17-16(20)18(2)11-13-5-4-6-15(13)19/h12-15,19H,3-11H2,1-2H3,(H,17,20). The lowest BCUT2D eigenvalue weighted by Gasteiger charge is -2.31. The van der Waals surface area contributed by atoms with E-state index in [2.05, 4.69) is 12.2 Å². The first-order chi connectivity index (χ1) is 9.60. The van der Waals surface area contributed by atoms with Crippen LogP contribution in [0.3, 0.4) is 0 Å². The van der Waals surface area contributed by atoms with Gasteiger partial charge in [0.05, 0.1) is 6.10 Å². The minimum atomic E-state index is -0.217. The summed E-state index contributed by atoms with van der Waals surface area (Å²) in [7, 11) is 1.85. The van der Waals surface area contributed by atoms with Gasteiger partial charge in [-0.25, -0.2) is 4.79 Å². The van der Waals surface area contributed by atoms with Gasteiger partial charge in [0.1, 0.15) is 0 Å². The van der Waals surface area contributed by atoms with Gasteiger partial charge in [-0.1, -0.05) is 19.8 Å². The highest BCUT2D eigenvalue weighted by molar-refractivity contribution is 5.74. The highest BCUT2D eigenvalue weighted by Crippen LogP contribution is 2.27. The zero-order valence-electron chi connectivity index (χ0n) is 13.0. The van der Waals surface area contributed by atoms with E-state index in [0.29, 0.717) is 12.6 Å². The maximum absolute atomic E-state index is 12.2. The number of amides is 2. The molecule has 116 valence electrons. The Hall–Kier alpha value is -0.770. The summed E-state index contributed by atoms with van der Waals surface area (Å²) in [5.41, 5.74) is 0. The molecule has 0 aromatic heterocycles. The van der Waals surface area contributed by atoms with Crippen molar-refractivity contribution < 1.29 is 9.90 Å². The summed E-state index contributed by atoms with van der Waals surface area (Å²) < 4.78 is 0. The highest BCUT2D eigenvalue weighted by atomic mass is 16.3. The number of carbonyl (C=O) groups is 1. The molecule has 4 nitrogen and oxygen atoms in total. The number of urea groups is 1. The Bertz CT molecular complexity index is 314. The van der Waals surface area contributed by atoms with Crippen LogP contribution in [0.5, 0.6) is 0 Å². The Morgan fingerprint density at radius 2 is 1.90 bits per heavy atom. The molecule has 2 N–H and O–H groups in total. The molecule has 2 rings (SSSR count). The Labute approximate surface area is 122 Å². The molecule has 0 saturated heterocycles. The Balaban J connectivity index is 1.71. The van der Waals surface area contributed by atoms with Gasteiger partial charge in [0.25, 0.3) is 0 Å². The molecule has 20 heavy (non-hydrogen) atoms. The molecule has 4 heteroatoms. The Morgan fingerprint density at radius 1 is 1.20 bits per heavy atom. The quantitative estimate of drug-likeness (QED) is 0.833. The third kappa shape index (κ3) is 4.11. The molecule has 2 atom stereocenters. The van der Waals surface area contributed by atoms with Crippen molar-refractivity contribution in [3.05, 3.63) is 0 Å². The van der Waals surface area contributed by atoms with Gasteiger partial charge in [-0.15, -0.1) is 0 Å². The fourth-order valence-corrected chi connectivity index (χ4v) is 3.66. The van der Waals surface area contributed by atoms with E-state index < -0.39 is 0 Å². The molecule has 2 aliphatic carbocycles. The van der Waals surface area contributed by atoms with Crippen molar-refractivity contribution in [2.45, 2.75) is 70.4 Å². The SMILES string of the molecule is CCC1CCC(NC(=O)N(C)CC2CCCC2O)CC1. The highest BCUT2D eigenvalue weighted by Gasteiger charge is 2.28. The molecular weight excluding hydrogens is 252 g/mol. The van der Waals surface area contributed by atoms with E-state index in [4.69, 9.17) is 0 Å². The van der Waals surface area contributed by atoms with Crippen molar-refractivity contribution >= 4 is 6.03 Å². The van der Waals surface area contributed by atoms with Crippen LogP contribution in [0.4, 0.5) is 4.79 Å². The topological polar surface area (TPSA) is 52.6 Å². The van der Waals surface area contributed by atoms with E-state index in [-0.39, 0.29) is 18.1 Å². The molecule has 0 spiro atoms. The number of carbonyl (C=O) groups excluding carboxylic acids is 1. The van der Waals surface area contributed by atoms with Crippen LogP contribution in [0.25, 0.3) is 0 Å². The third-order valence-electron chi connectivity index (χ3n) is 5.23. The molecule has 0 aromatic carbocycles. The summed E-state index contributed by atoms with van der Waals surface area (Å²) in [5, 5.41) is 13.0. The average Bonchev–Trinajstić information content (AvgIpc) is 2.85. The van der Waals surface area contributed by atoms with E-state index in [1.807, 2.05) is 7.05 Å². The second-order valence-electron chi connectivity index (χ2n) is 6.71. The molecular formula is C16H30N2O2. The second kappa shape index (κ2) is 7.30. The predicted molar refractivity (Wildman–Crippen MR) is 80.5 cm³/mol. The fourth-order valence-electron chi connectivity index (χ4n) is 3.66. The van der Waals surface area contributed by atoms with Crippen LogP contribution in [0.1, 0.15) is 58.3 Å². The number of aliphatic hydroxyl groups excluding tert-OH is 1. The normalized spacial score (nSPS) is 34.0. The molecule has 0 aliphatic heterocycles.